The highest BCUT2D eigenvalue weighted by atomic mass is 32.1. The van der Waals surface area contributed by atoms with Crippen LogP contribution in [0.5, 0.6) is 0 Å². The van der Waals surface area contributed by atoms with Crippen LogP contribution in [0.4, 0.5) is 0 Å². The minimum Gasteiger partial charge on any atom is -0.135 e. The Labute approximate surface area is 112 Å². The second kappa shape index (κ2) is 4.25. The van der Waals surface area contributed by atoms with Crippen LogP contribution in [-0.4, -0.2) is 0 Å². The molecular formula is C17H16S. The van der Waals surface area contributed by atoms with Crippen LogP contribution in [0, 0.1) is 20.8 Å². The van der Waals surface area contributed by atoms with Crippen molar-refractivity contribution in [2.45, 2.75) is 20.8 Å². The molecule has 0 aliphatic heterocycles. The summed E-state index contributed by atoms with van der Waals surface area (Å²) in [6, 6.07) is 15.4. The average molecular weight is 252 g/mol. The van der Waals surface area contributed by atoms with Gasteiger partial charge < -0.3 is 0 Å². The highest BCUT2D eigenvalue weighted by molar-refractivity contribution is 7.22. The van der Waals surface area contributed by atoms with Crippen LogP contribution in [0.3, 0.4) is 0 Å². The number of fused-ring (bicyclic) bond motifs is 1. The van der Waals surface area contributed by atoms with Crippen molar-refractivity contribution in [3.8, 4) is 10.4 Å². The van der Waals surface area contributed by atoms with Crippen LogP contribution in [0.2, 0.25) is 0 Å². The van der Waals surface area contributed by atoms with Crippen molar-refractivity contribution < 1.29 is 0 Å². The molecule has 0 fully saturated rings. The Hall–Kier alpha value is -1.60. The van der Waals surface area contributed by atoms with Gasteiger partial charge in [-0.25, -0.2) is 0 Å². The van der Waals surface area contributed by atoms with Gasteiger partial charge in [0.1, 0.15) is 0 Å². The van der Waals surface area contributed by atoms with Crippen molar-refractivity contribution in [3.05, 3.63) is 59.2 Å². The van der Waals surface area contributed by atoms with Crippen LogP contribution in [0.25, 0.3) is 20.5 Å². The first-order chi connectivity index (χ1) is 8.66. The first-order valence-corrected chi connectivity index (χ1v) is 7.04. The number of aryl methyl sites for hydroxylation is 3. The van der Waals surface area contributed by atoms with Gasteiger partial charge in [0.25, 0.3) is 0 Å². The highest BCUT2D eigenvalue weighted by Crippen LogP contribution is 2.39. The molecule has 0 aliphatic carbocycles. The second-order valence-corrected chi connectivity index (χ2v) is 5.92. The van der Waals surface area contributed by atoms with E-state index in [1.165, 1.54) is 37.2 Å². The quantitative estimate of drug-likeness (QED) is 0.537. The molecule has 0 N–H and O–H groups in total. The van der Waals surface area contributed by atoms with Crippen LogP contribution in [0.15, 0.2) is 42.5 Å². The SMILES string of the molecule is Cc1ccc2c(C)c(-c3ccccc3C)sc2c1. The lowest BCUT2D eigenvalue weighted by atomic mass is 10.0. The summed E-state index contributed by atoms with van der Waals surface area (Å²) in [7, 11) is 0. The molecule has 0 saturated heterocycles. The number of hydrogen-bond acceptors (Lipinski definition) is 1. The Morgan fingerprint density at radius 1 is 0.889 bits per heavy atom. The van der Waals surface area contributed by atoms with Gasteiger partial charge in [-0.3, -0.25) is 0 Å². The van der Waals surface area contributed by atoms with Crippen molar-refractivity contribution >= 4 is 21.4 Å². The van der Waals surface area contributed by atoms with Gasteiger partial charge in [-0.05, 0) is 54.5 Å². The summed E-state index contributed by atoms with van der Waals surface area (Å²) < 4.78 is 1.39. The Balaban J connectivity index is 2.31. The van der Waals surface area contributed by atoms with Crippen LogP contribution >= 0.6 is 11.3 Å². The minimum absolute atomic E-state index is 1.33. The molecule has 2 aromatic carbocycles. The molecule has 3 aromatic rings. The summed E-state index contributed by atoms with van der Waals surface area (Å²) in [5.74, 6) is 0. The first-order valence-electron chi connectivity index (χ1n) is 6.22. The fourth-order valence-electron chi connectivity index (χ4n) is 2.42. The van der Waals surface area contributed by atoms with E-state index in [1.54, 1.807) is 0 Å². The summed E-state index contributed by atoms with van der Waals surface area (Å²) in [6.45, 7) is 6.57. The van der Waals surface area contributed by atoms with Gasteiger partial charge in [-0.15, -0.1) is 11.3 Å². The summed E-state index contributed by atoms with van der Waals surface area (Å²) in [6.07, 6.45) is 0. The van der Waals surface area contributed by atoms with Crippen molar-refractivity contribution in [3.63, 3.8) is 0 Å². The summed E-state index contributed by atoms with van der Waals surface area (Å²) >= 11 is 1.91. The van der Waals surface area contributed by atoms with Gasteiger partial charge in [0.15, 0.2) is 0 Å². The molecule has 18 heavy (non-hydrogen) atoms. The van der Waals surface area contributed by atoms with E-state index in [4.69, 9.17) is 0 Å². The molecule has 0 atom stereocenters. The Morgan fingerprint density at radius 2 is 1.67 bits per heavy atom. The molecule has 0 bridgehead atoms. The van der Waals surface area contributed by atoms with Crippen LogP contribution < -0.4 is 0 Å². The zero-order chi connectivity index (χ0) is 12.7. The highest BCUT2D eigenvalue weighted by Gasteiger charge is 2.11. The first kappa shape index (κ1) is 11.5. The molecule has 0 unspecified atom stereocenters. The number of thiophene rings is 1. The summed E-state index contributed by atoms with van der Waals surface area (Å²) in [4.78, 5) is 1.41. The van der Waals surface area contributed by atoms with Crippen LogP contribution in [-0.2, 0) is 0 Å². The van der Waals surface area contributed by atoms with E-state index in [1.807, 2.05) is 11.3 Å². The molecule has 0 amide bonds. The molecule has 0 nitrogen and oxygen atoms in total. The molecule has 3 rings (SSSR count). The third kappa shape index (κ3) is 1.75. The molecule has 0 spiro atoms. The van der Waals surface area contributed by atoms with E-state index in [0.29, 0.717) is 0 Å². The largest absolute Gasteiger partial charge is 0.135 e. The van der Waals surface area contributed by atoms with E-state index in [-0.39, 0.29) is 0 Å². The van der Waals surface area contributed by atoms with E-state index in [9.17, 15) is 0 Å². The van der Waals surface area contributed by atoms with Crippen molar-refractivity contribution in [2.75, 3.05) is 0 Å². The maximum Gasteiger partial charge on any atom is 0.0387 e. The van der Waals surface area contributed by atoms with Crippen molar-refractivity contribution in [1.29, 1.82) is 0 Å². The summed E-state index contributed by atoms with van der Waals surface area (Å²) in [5, 5.41) is 1.39. The Morgan fingerprint density at radius 3 is 2.44 bits per heavy atom. The Kier molecular flexibility index (Phi) is 2.71. The van der Waals surface area contributed by atoms with Gasteiger partial charge in [0.05, 0.1) is 0 Å². The lowest BCUT2D eigenvalue weighted by molar-refractivity contribution is 1.46. The van der Waals surface area contributed by atoms with Gasteiger partial charge in [0.2, 0.25) is 0 Å². The topological polar surface area (TPSA) is 0 Å². The lowest BCUT2D eigenvalue weighted by Crippen LogP contribution is -1.81. The minimum atomic E-state index is 1.33. The molecule has 0 radical (unpaired) electrons. The van der Waals surface area contributed by atoms with Gasteiger partial charge in [-0.1, -0.05) is 36.4 Å². The normalized spacial score (nSPS) is 11.1. The molecule has 1 heteroatoms. The molecule has 90 valence electrons. The lowest BCUT2D eigenvalue weighted by Gasteiger charge is -2.03. The fraction of sp³-hybridized carbons (Fsp3) is 0.176. The number of hydrogen-bond donors (Lipinski definition) is 0. The van der Waals surface area contributed by atoms with E-state index in [0.717, 1.165) is 0 Å². The summed E-state index contributed by atoms with van der Waals surface area (Å²) in [5.41, 5.74) is 5.46. The molecule has 0 saturated carbocycles. The Bertz CT molecular complexity index is 720. The van der Waals surface area contributed by atoms with E-state index >= 15 is 0 Å². The van der Waals surface area contributed by atoms with Gasteiger partial charge >= 0.3 is 0 Å². The maximum absolute atomic E-state index is 2.29. The third-order valence-electron chi connectivity index (χ3n) is 3.48. The monoisotopic (exact) mass is 252 g/mol. The van der Waals surface area contributed by atoms with Crippen LogP contribution in [0.1, 0.15) is 16.7 Å². The van der Waals surface area contributed by atoms with Gasteiger partial charge in [-0.2, -0.15) is 0 Å². The smallest absolute Gasteiger partial charge is 0.0387 e. The van der Waals surface area contributed by atoms with E-state index in [2.05, 4.69) is 63.2 Å². The van der Waals surface area contributed by atoms with E-state index < -0.39 is 0 Å². The van der Waals surface area contributed by atoms with Crippen molar-refractivity contribution in [2.24, 2.45) is 0 Å². The predicted octanol–water partition coefficient (Wildman–Crippen LogP) is 5.49. The third-order valence-corrected chi connectivity index (χ3v) is 4.77. The molecular weight excluding hydrogens is 236 g/mol. The number of rotatable bonds is 1. The maximum atomic E-state index is 2.29. The average Bonchev–Trinajstić information content (AvgIpc) is 2.67. The standard InChI is InChI=1S/C17H16S/c1-11-8-9-15-13(3)17(18-16(15)10-11)14-7-5-4-6-12(14)2/h4-10H,1-3H3. The fourth-order valence-corrected chi connectivity index (χ4v) is 3.82. The molecule has 0 aliphatic rings. The second-order valence-electron chi connectivity index (χ2n) is 4.87. The zero-order valence-corrected chi connectivity index (χ0v) is 11.8. The number of benzene rings is 2. The van der Waals surface area contributed by atoms with Gasteiger partial charge in [0, 0.05) is 9.58 Å². The predicted molar refractivity (Wildman–Crippen MR) is 81.5 cm³/mol. The zero-order valence-electron chi connectivity index (χ0n) is 10.9. The molecule has 1 heterocycles. The molecule has 1 aromatic heterocycles. The van der Waals surface area contributed by atoms with Crippen molar-refractivity contribution in [1.82, 2.24) is 0 Å².